The maximum atomic E-state index is 6.14. The Labute approximate surface area is 116 Å². The third-order valence-electron chi connectivity index (χ3n) is 4.56. The SMILES string of the molecule is CC(C)c1ccc(OC2CCOC3(CCC3)C2)cc1. The van der Waals surface area contributed by atoms with Gasteiger partial charge in [-0.15, -0.1) is 0 Å². The molecular weight excluding hydrogens is 236 g/mol. The molecule has 1 aliphatic carbocycles. The molecule has 0 aromatic heterocycles. The molecule has 0 radical (unpaired) electrons. The highest BCUT2D eigenvalue weighted by molar-refractivity contribution is 5.29. The standard InChI is InChI=1S/C17H24O2/c1-13(2)14-4-6-15(7-5-14)19-16-8-11-18-17(12-16)9-3-10-17/h4-7,13,16H,3,8-12H2,1-2H3. The Hall–Kier alpha value is -1.02. The molecule has 104 valence electrons. The summed E-state index contributed by atoms with van der Waals surface area (Å²) < 4.78 is 12.1. The van der Waals surface area contributed by atoms with Crippen LogP contribution in [0, 0.1) is 0 Å². The van der Waals surface area contributed by atoms with E-state index in [2.05, 4.69) is 38.1 Å². The highest BCUT2D eigenvalue weighted by Gasteiger charge is 2.43. The van der Waals surface area contributed by atoms with Crippen molar-refractivity contribution in [2.24, 2.45) is 0 Å². The van der Waals surface area contributed by atoms with Crippen molar-refractivity contribution in [3.05, 3.63) is 29.8 Å². The van der Waals surface area contributed by atoms with Crippen molar-refractivity contribution < 1.29 is 9.47 Å². The minimum atomic E-state index is 0.167. The van der Waals surface area contributed by atoms with E-state index in [4.69, 9.17) is 9.47 Å². The molecule has 1 aromatic rings. The van der Waals surface area contributed by atoms with Gasteiger partial charge in [-0.2, -0.15) is 0 Å². The topological polar surface area (TPSA) is 18.5 Å². The molecule has 2 fully saturated rings. The molecule has 2 nitrogen and oxygen atoms in total. The zero-order valence-corrected chi connectivity index (χ0v) is 12.0. The second-order valence-electron chi connectivity index (χ2n) is 6.34. The number of hydrogen-bond acceptors (Lipinski definition) is 2. The highest BCUT2D eigenvalue weighted by Crippen LogP contribution is 2.43. The molecular formula is C17H24O2. The Morgan fingerprint density at radius 1 is 1.21 bits per heavy atom. The van der Waals surface area contributed by atoms with Crippen LogP contribution < -0.4 is 4.74 Å². The van der Waals surface area contributed by atoms with E-state index in [0.717, 1.165) is 25.2 Å². The minimum Gasteiger partial charge on any atom is -0.490 e. The molecule has 2 heteroatoms. The smallest absolute Gasteiger partial charge is 0.119 e. The zero-order chi connectivity index (χ0) is 13.3. The molecule has 3 rings (SSSR count). The second-order valence-corrected chi connectivity index (χ2v) is 6.34. The number of benzene rings is 1. The van der Waals surface area contributed by atoms with Gasteiger partial charge < -0.3 is 9.47 Å². The molecule has 0 N–H and O–H groups in total. The van der Waals surface area contributed by atoms with Gasteiger partial charge in [0.1, 0.15) is 11.9 Å². The van der Waals surface area contributed by atoms with Crippen molar-refractivity contribution in [3.8, 4) is 5.75 Å². The third kappa shape index (κ3) is 2.79. The summed E-state index contributed by atoms with van der Waals surface area (Å²) in [7, 11) is 0. The average Bonchev–Trinajstić information content (AvgIpc) is 2.38. The van der Waals surface area contributed by atoms with Gasteiger partial charge in [0.25, 0.3) is 0 Å². The molecule has 1 unspecified atom stereocenters. The van der Waals surface area contributed by atoms with Crippen LogP contribution in [0.4, 0.5) is 0 Å². The molecule has 0 amide bonds. The van der Waals surface area contributed by atoms with E-state index in [1.54, 1.807) is 0 Å². The quantitative estimate of drug-likeness (QED) is 0.807. The fourth-order valence-corrected chi connectivity index (χ4v) is 3.13. The Balaban J connectivity index is 1.61. The Bertz CT molecular complexity index is 417. The summed E-state index contributed by atoms with van der Waals surface area (Å²) in [6.07, 6.45) is 6.18. The first kappa shape index (κ1) is 13.0. The summed E-state index contributed by atoms with van der Waals surface area (Å²) in [6.45, 7) is 5.29. The minimum absolute atomic E-state index is 0.167. The molecule has 1 aromatic carbocycles. The monoisotopic (exact) mass is 260 g/mol. The van der Waals surface area contributed by atoms with E-state index >= 15 is 0 Å². The van der Waals surface area contributed by atoms with Crippen LogP contribution in [0.3, 0.4) is 0 Å². The molecule has 1 spiro atoms. The summed E-state index contributed by atoms with van der Waals surface area (Å²) in [5.74, 6) is 1.58. The second kappa shape index (κ2) is 5.16. The van der Waals surface area contributed by atoms with Gasteiger partial charge in [0, 0.05) is 12.8 Å². The van der Waals surface area contributed by atoms with Crippen molar-refractivity contribution in [1.29, 1.82) is 0 Å². The van der Waals surface area contributed by atoms with Crippen LogP contribution in [0.2, 0.25) is 0 Å². The van der Waals surface area contributed by atoms with Gasteiger partial charge in [0.15, 0.2) is 0 Å². The van der Waals surface area contributed by atoms with E-state index in [1.165, 1.54) is 24.8 Å². The maximum absolute atomic E-state index is 6.14. The number of hydrogen-bond donors (Lipinski definition) is 0. The first-order chi connectivity index (χ1) is 9.17. The normalized spacial score (nSPS) is 25.3. The third-order valence-corrected chi connectivity index (χ3v) is 4.56. The average molecular weight is 260 g/mol. The van der Waals surface area contributed by atoms with E-state index in [-0.39, 0.29) is 5.60 Å². The van der Waals surface area contributed by atoms with Crippen LogP contribution in [0.15, 0.2) is 24.3 Å². The van der Waals surface area contributed by atoms with Crippen molar-refractivity contribution in [2.75, 3.05) is 6.61 Å². The molecule has 19 heavy (non-hydrogen) atoms. The summed E-state index contributed by atoms with van der Waals surface area (Å²) in [6, 6.07) is 8.58. The van der Waals surface area contributed by atoms with E-state index in [0.29, 0.717) is 12.0 Å². The lowest BCUT2D eigenvalue weighted by atomic mass is 9.74. The molecule has 1 saturated heterocycles. The van der Waals surface area contributed by atoms with E-state index < -0.39 is 0 Å². The van der Waals surface area contributed by atoms with Crippen molar-refractivity contribution in [1.82, 2.24) is 0 Å². The van der Waals surface area contributed by atoms with Gasteiger partial charge in [-0.25, -0.2) is 0 Å². The predicted octanol–water partition coefficient (Wildman–Crippen LogP) is 4.29. The van der Waals surface area contributed by atoms with Crippen molar-refractivity contribution >= 4 is 0 Å². The van der Waals surface area contributed by atoms with Gasteiger partial charge in [-0.05, 0) is 42.9 Å². The van der Waals surface area contributed by atoms with Gasteiger partial charge in [0.05, 0.1) is 12.2 Å². The predicted molar refractivity (Wildman–Crippen MR) is 76.7 cm³/mol. The number of ether oxygens (including phenoxy) is 2. The van der Waals surface area contributed by atoms with Crippen LogP contribution in [-0.4, -0.2) is 18.3 Å². The van der Waals surface area contributed by atoms with Crippen LogP contribution in [0.25, 0.3) is 0 Å². The lowest BCUT2D eigenvalue weighted by molar-refractivity contribution is -0.153. The molecule has 2 aliphatic rings. The highest BCUT2D eigenvalue weighted by atomic mass is 16.5. The van der Waals surface area contributed by atoms with E-state index in [9.17, 15) is 0 Å². The zero-order valence-electron chi connectivity index (χ0n) is 12.0. The first-order valence-electron chi connectivity index (χ1n) is 7.57. The fraction of sp³-hybridized carbons (Fsp3) is 0.647. The lowest BCUT2D eigenvalue weighted by Crippen LogP contribution is -2.48. The van der Waals surface area contributed by atoms with Crippen LogP contribution in [-0.2, 0) is 4.74 Å². The van der Waals surface area contributed by atoms with E-state index in [1.807, 2.05) is 0 Å². The molecule has 0 bridgehead atoms. The summed E-state index contributed by atoms with van der Waals surface area (Å²) >= 11 is 0. The summed E-state index contributed by atoms with van der Waals surface area (Å²) in [4.78, 5) is 0. The molecule has 1 saturated carbocycles. The molecule has 1 heterocycles. The Morgan fingerprint density at radius 3 is 2.53 bits per heavy atom. The number of rotatable bonds is 3. The maximum Gasteiger partial charge on any atom is 0.119 e. The van der Waals surface area contributed by atoms with Gasteiger partial charge >= 0.3 is 0 Å². The first-order valence-corrected chi connectivity index (χ1v) is 7.57. The van der Waals surface area contributed by atoms with Crippen LogP contribution in [0.1, 0.15) is 57.4 Å². The van der Waals surface area contributed by atoms with Gasteiger partial charge in [0.2, 0.25) is 0 Å². The fourth-order valence-electron chi connectivity index (χ4n) is 3.13. The van der Waals surface area contributed by atoms with Crippen LogP contribution >= 0.6 is 0 Å². The van der Waals surface area contributed by atoms with Crippen molar-refractivity contribution in [2.45, 2.75) is 63.6 Å². The summed E-state index contributed by atoms with van der Waals surface area (Å²) in [5.41, 5.74) is 1.54. The van der Waals surface area contributed by atoms with Crippen molar-refractivity contribution in [3.63, 3.8) is 0 Å². The van der Waals surface area contributed by atoms with Gasteiger partial charge in [-0.1, -0.05) is 26.0 Å². The Morgan fingerprint density at radius 2 is 1.95 bits per heavy atom. The lowest BCUT2D eigenvalue weighted by Gasteiger charge is -2.46. The Kier molecular flexibility index (Phi) is 3.53. The summed E-state index contributed by atoms with van der Waals surface area (Å²) in [5, 5.41) is 0. The molecule has 1 atom stereocenters. The molecule has 1 aliphatic heterocycles. The van der Waals surface area contributed by atoms with Gasteiger partial charge in [-0.3, -0.25) is 0 Å². The van der Waals surface area contributed by atoms with Crippen LogP contribution in [0.5, 0.6) is 5.75 Å². The largest absolute Gasteiger partial charge is 0.490 e.